The van der Waals surface area contributed by atoms with Gasteiger partial charge in [0.2, 0.25) is 17.7 Å². The highest BCUT2D eigenvalue weighted by atomic mass is 32.2. The zero-order valence-electron chi connectivity index (χ0n) is 15.0. The smallest absolute Gasteiger partial charge is 0.222 e. The lowest BCUT2D eigenvalue weighted by atomic mass is 9.96. The van der Waals surface area contributed by atoms with Crippen LogP contribution in [0.3, 0.4) is 0 Å². The van der Waals surface area contributed by atoms with Gasteiger partial charge in [0.05, 0.1) is 6.04 Å². The molecule has 0 aromatic rings. The summed E-state index contributed by atoms with van der Waals surface area (Å²) in [5, 5.41) is 8.93. The van der Waals surface area contributed by atoms with E-state index in [0.717, 1.165) is 5.75 Å². The zero-order chi connectivity index (χ0) is 17.9. The molecule has 2 fully saturated rings. The molecule has 2 saturated heterocycles. The number of carbonyl (C=O) groups is 3. The van der Waals surface area contributed by atoms with Crippen LogP contribution in [0.1, 0.15) is 53.4 Å². The van der Waals surface area contributed by atoms with Gasteiger partial charge in [0.1, 0.15) is 0 Å². The Balaban J connectivity index is 2.17. The highest BCUT2D eigenvalue weighted by molar-refractivity contribution is 8.07. The molecule has 0 aliphatic carbocycles. The summed E-state index contributed by atoms with van der Waals surface area (Å²) >= 11 is 1.77. The minimum Gasteiger partial charge on any atom is -0.353 e. The molecule has 0 bridgehead atoms. The van der Waals surface area contributed by atoms with E-state index in [1.54, 1.807) is 11.8 Å². The maximum absolute atomic E-state index is 12.4. The molecular weight excluding hydrogens is 326 g/mol. The normalized spacial score (nSPS) is 35.4. The summed E-state index contributed by atoms with van der Waals surface area (Å²) in [7, 11) is 0. The SMILES string of the molecule is CCC1CC(=O)NC(C(C)C)CC(=O)NC(C2(C)CS2)CC(=O)N1. The monoisotopic (exact) mass is 355 g/mol. The molecule has 0 saturated carbocycles. The van der Waals surface area contributed by atoms with Crippen LogP contribution in [0.5, 0.6) is 0 Å². The van der Waals surface area contributed by atoms with Crippen molar-refractivity contribution in [2.45, 2.75) is 76.3 Å². The van der Waals surface area contributed by atoms with Gasteiger partial charge in [-0.15, -0.1) is 0 Å². The third kappa shape index (κ3) is 5.13. The number of amides is 3. The molecule has 3 N–H and O–H groups in total. The molecule has 4 atom stereocenters. The molecule has 0 aromatic heterocycles. The summed E-state index contributed by atoms with van der Waals surface area (Å²) in [6.45, 7) is 8.04. The van der Waals surface area contributed by atoms with Crippen molar-refractivity contribution in [3.8, 4) is 0 Å². The predicted octanol–water partition coefficient (Wildman–Crippen LogP) is 1.20. The first kappa shape index (κ1) is 19.1. The number of carbonyl (C=O) groups excluding carboxylic acids is 3. The third-order valence-electron chi connectivity index (χ3n) is 4.91. The van der Waals surface area contributed by atoms with Crippen LogP contribution in [-0.4, -0.2) is 46.3 Å². The van der Waals surface area contributed by atoms with E-state index in [4.69, 9.17) is 0 Å². The van der Waals surface area contributed by atoms with Crippen molar-refractivity contribution in [2.75, 3.05) is 5.75 Å². The molecule has 7 heteroatoms. The Bertz CT molecular complexity index is 505. The molecule has 136 valence electrons. The van der Waals surface area contributed by atoms with E-state index in [-0.39, 0.29) is 65.8 Å². The molecular formula is C17H29N3O3S. The van der Waals surface area contributed by atoms with E-state index in [2.05, 4.69) is 22.9 Å². The summed E-state index contributed by atoms with van der Waals surface area (Å²) in [6.07, 6.45) is 1.47. The van der Waals surface area contributed by atoms with Crippen LogP contribution in [0.15, 0.2) is 0 Å². The van der Waals surface area contributed by atoms with Crippen LogP contribution in [0, 0.1) is 5.92 Å². The molecule has 2 aliphatic heterocycles. The van der Waals surface area contributed by atoms with Gasteiger partial charge >= 0.3 is 0 Å². The fraction of sp³-hybridized carbons (Fsp3) is 0.824. The largest absolute Gasteiger partial charge is 0.353 e. The summed E-state index contributed by atoms with van der Waals surface area (Å²) in [4.78, 5) is 37.0. The van der Waals surface area contributed by atoms with Gasteiger partial charge in [-0.3, -0.25) is 14.4 Å². The number of nitrogens with one attached hydrogen (secondary N) is 3. The van der Waals surface area contributed by atoms with E-state index in [1.807, 2.05) is 20.8 Å². The Morgan fingerprint density at radius 3 is 2.17 bits per heavy atom. The Morgan fingerprint density at radius 1 is 1.04 bits per heavy atom. The van der Waals surface area contributed by atoms with E-state index in [9.17, 15) is 14.4 Å². The average Bonchev–Trinajstić information content (AvgIpc) is 3.23. The number of hydrogen-bond acceptors (Lipinski definition) is 4. The van der Waals surface area contributed by atoms with Gasteiger partial charge < -0.3 is 16.0 Å². The molecule has 0 spiro atoms. The van der Waals surface area contributed by atoms with Crippen molar-refractivity contribution in [1.82, 2.24) is 16.0 Å². The van der Waals surface area contributed by atoms with Crippen LogP contribution in [-0.2, 0) is 14.4 Å². The molecule has 2 rings (SSSR count). The van der Waals surface area contributed by atoms with Crippen molar-refractivity contribution in [1.29, 1.82) is 0 Å². The van der Waals surface area contributed by atoms with E-state index < -0.39 is 0 Å². The topological polar surface area (TPSA) is 87.3 Å². The summed E-state index contributed by atoms with van der Waals surface area (Å²) in [5.41, 5.74) is 0. The lowest BCUT2D eigenvalue weighted by Gasteiger charge is -2.29. The zero-order valence-corrected chi connectivity index (χ0v) is 15.8. The minimum atomic E-state index is -0.189. The maximum atomic E-state index is 12.4. The fourth-order valence-corrected chi connectivity index (χ4v) is 3.67. The van der Waals surface area contributed by atoms with Crippen LogP contribution < -0.4 is 16.0 Å². The molecule has 4 unspecified atom stereocenters. The van der Waals surface area contributed by atoms with Gasteiger partial charge in [-0.25, -0.2) is 0 Å². The van der Waals surface area contributed by atoms with Crippen molar-refractivity contribution in [3.05, 3.63) is 0 Å². The Morgan fingerprint density at radius 2 is 1.62 bits per heavy atom. The second-order valence-corrected chi connectivity index (χ2v) is 8.93. The van der Waals surface area contributed by atoms with E-state index >= 15 is 0 Å². The average molecular weight is 356 g/mol. The molecule has 6 nitrogen and oxygen atoms in total. The van der Waals surface area contributed by atoms with Gasteiger partial charge in [-0.1, -0.05) is 20.8 Å². The van der Waals surface area contributed by atoms with Crippen LogP contribution in [0.25, 0.3) is 0 Å². The Labute approximate surface area is 148 Å². The minimum absolute atomic E-state index is 0.0601. The molecule has 2 heterocycles. The maximum Gasteiger partial charge on any atom is 0.222 e. The Hall–Kier alpha value is -1.24. The highest BCUT2D eigenvalue weighted by Gasteiger charge is 2.47. The van der Waals surface area contributed by atoms with Crippen molar-refractivity contribution >= 4 is 29.5 Å². The number of rotatable bonds is 3. The number of thioether (sulfide) groups is 1. The first-order chi connectivity index (χ1) is 11.2. The van der Waals surface area contributed by atoms with Crippen molar-refractivity contribution in [2.24, 2.45) is 5.92 Å². The van der Waals surface area contributed by atoms with Gasteiger partial charge in [0.15, 0.2) is 0 Å². The molecule has 3 amide bonds. The van der Waals surface area contributed by atoms with Crippen LogP contribution in [0.2, 0.25) is 0 Å². The molecule has 24 heavy (non-hydrogen) atoms. The molecule has 0 radical (unpaired) electrons. The summed E-state index contributed by atoms with van der Waals surface area (Å²) in [5.74, 6) is 0.798. The van der Waals surface area contributed by atoms with Crippen molar-refractivity contribution < 1.29 is 14.4 Å². The standard InChI is InChI=1S/C17H29N3O3S/c1-5-11-6-14(21)19-12(10(2)3)7-15(22)20-13(8-16(23)18-11)17(4)9-24-17/h10-13H,5-9H2,1-4H3,(H,18,23)(H,19,21)(H,20,22). The second kappa shape index (κ2) is 7.76. The van der Waals surface area contributed by atoms with Crippen LogP contribution >= 0.6 is 11.8 Å². The summed E-state index contributed by atoms with van der Waals surface area (Å²) < 4.78 is -0.0601. The summed E-state index contributed by atoms with van der Waals surface area (Å²) in [6, 6.07) is -0.526. The lowest BCUT2D eigenvalue weighted by Crippen LogP contribution is -2.52. The van der Waals surface area contributed by atoms with Crippen molar-refractivity contribution in [3.63, 3.8) is 0 Å². The lowest BCUT2D eigenvalue weighted by molar-refractivity contribution is -0.126. The Kier molecular flexibility index (Phi) is 6.17. The number of hydrogen-bond donors (Lipinski definition) is 3. The fourth-order valence-electron chi connectivity index (χ4n) is 2.90. The van der Waals surface area contributed by atoms with E-state index in [0.29, 0.717) is 6.42 Å². The van der Waals surface area contributed by atoms with E-state index in [1.165, 1.54) is 0 Å². The first-order valence-corrected chi connectivity index (χ1v) is 9.74. The first-order valence-electron chi connectivity index (χ1n) is 8.75. The van der Waals surface area contributed by atoms with Gasteiger partial charge in [-0.2, -0.15) is 11.8 Å². The second-order valence-electron chi connectivity index (χ2n) is 7.42. The quantitative estimate of drug-likeness (QED) is 0.664. The van der Waals surface area contributed by atoms with Crippen LogP contribution in [0.4, 0.5) is 0 Å². The highest BCUT2D eigenvalue weighted by Crippen LogP contribution is 2.47. The molecule has 2 aliphatic rings. The van der Waals surface area contributed by atoms with Gasteiger partial charge in [0.25, 0.3) is 0 Å². The van der Waals surface area contributed by atoms with Gasteiger partial charge in [0, 0.05) is 41.8 Å². The third-order valence-corrected chi connectivity index (χ3v) is 6.39. The van der Waals surface area contributed by atoms with Gasteiger partial charge in [-0.05, 0) is 19.3 Å². The molecule has 0 aromatic carbocycles. The predicted molar refractivity (Wildman–Crippen MR) is 95.6 cm³/mol.